The van der Waals surface area contributed by atoms with E-state index in [1.54, 1.807) is 11.8 Å². The van der Waals surface area contributed by atoms with Gasteiger partial charge in [0.25, 0.3) is 0 Å². The molecule has 1 aromatic rings. The predicted molar refractivity (Wildman–Crippen MR) is 101 cm³/mol. The second kappa shape index (κ2) is 9.57. The average molecular weight is 361 g/mol. The van der Waals surface area contributed by atoms with Gasteiger partial charge in [0.05, 0.1) is 6.04 Å². The Kier molecular flexibility index (Phi) is 7.45. The zero-order valence-electron chi connectivity index (χ0n) is 16.1. The van der Waals surface area contributed by atoms with E-state index in [-0.39, 0.29) is 30.6 Å². The Morgan fingerprint density at radius 2 is 1.96 bits per heavy atom. The summed E-state index contributed by atoms with van der Waals surface area (Å²) in [7, 11) is 0. The molecule has 0 saturated carbocycles. The first kappa shape index (κ1) is 20.2. The minimum Gasteiger partial charge on any atom is -0.445 e. The molecule has 1 saturated heterocycles. The van der Waals surface area contributed by atoms with Gasteiger partial charge >= 0.3 is 6.09 Å². The van der Waals surface area contributed by atoms with Gasteiger partial charge in [-0.2, -0.15) is 0 Å². The molecule has 1 fully saturated rings. The Balaban J connectivity index is 1.89. The highest BCUT2D eigenvalue weighted by molar-refractivity contribution is 5.81. The molecule has 0 bridgehead atoms. The lowest BCUT2D eigenvalue weighted by molar-refractivity contribution is -0.134. The average Bonchev–Trinajstić information content (AvgIpc) is 2.64. The Bertz CT molecular complexity index is 589. The summed E-state index contributed by atoms with van der Waals surface area (Å²) in [6, 6.07) is 9.25. The number of carbonyl (C=O) groups is 2. The molecule has 0 unspecified atom stereocenters. The summed E-state index contributed by atoms with van der Waals surface area (Å²) in [5, 5.41) is 0. The topological polar surface area (TPSA) is 75.9 Å². The van der Waals surface area contributed by atoms with Crippen molar-refractivity contribution >= 4 is 12.0 Å². The van der Waals surface area contributed by atoms with Crippen LogP contribution in [0.2, 0.25) is 0 Å². The molecule has 6 nitrogen and oxygen atoms in total. The number of ether oxygens (including phenoxy) is 1. The number of carbonyl (C=O) groups excluding carboxylic acids is 2. The van der Waals surface area contributed by atoms with Crippen molar-refractivity contribution in [2.75, 3.05) is 19.6 Å². The molecule has 26 heavy (non-hydrogen) atoms. The van der Waals surface area contributed by atoms with Gasteiger partial charge in [-0.05, 0) is 45.1 Å². The SMILES string of the molecule is CC(C)N(C[C@@H]1CCCN(C(=O)OCc2ccccc2)C1)C(=O)[C@H](C)N. The van der Waals surface area contributed by atoms with E-state index in [1.165, 1.54) is 0 Å². The van der Waals surface area contributed by atoms with Crippen LogP contribution in [0.1, 0.15) is 39.2 Å². The third kappa shape index (κ3) is 5.73. The summed E-state index contributed by atoms with van der Waals surface area (Å²) in [4.78, 5) is 28.3. The second-order valence-electron chi connectivity index (χ2n) is 7.37. The highest BCUT2D eigenvalue weighted by Gasteiger charge is 2.29. The molecule has 2 amide bonds. The van der Waals surface area contributed by atoms with Crippen LogP contribution in [-0.4, -0.2) is 53.5 Å². The van der Waals surface area contributed by atoms with Crippen molar-refractivity contribution in [3.05, 3.63) is 35.9 Å². The summed E-state index contributed by atoms with van der Waals surface area (Å²) in [5.41, 5.74) is 6.75. The van der Waals surface area contributed by atoms with Crippen LogP contribution in [0.5, 0.6) is 0 Å². The molecule has 144 valence electrons. The molecule has 2 rings (SSSR count). The summed E-state index contributed by atoms with van der Waals surface area (Å²) in [5.74, 6) is 0.210. The Morgan fingerprint density at radius 3 is 2.58 bits per heavy atom. The third-order valence-electron chi connectivity index (χ3n) is 4.73. The highest BCUT2D eigenvalue weighted by atomic mass is 16.6. The number of benzene rings is 1. The van der Waals surface area contributed by atoms with Gasteiger partial charge in [-0.1, -0.05) is 30.3 Å². The monoisotopic (exact) mass is 361 g/mol. The number of hydrogen-bond acceptors (Lipinski definition) is 4. The number of hydrogen-bond donors (Lipinski definition) is 1. The number of likely N-dealkylation sites (tertiary alicyclic amines) is 1. The predicted octanol–water partition coefficient (Wildman–Crippen LogP) is 2.62. The van der Waals surface area contributed by atoms with Gasteiger partial charge in [0.15, 0.2) is 0 Å². The van der Waals surface area contributed by atoms with Gasteiger partial charge in [-0.25, -0.2) is 4.79 Å². The lowest BCUT2D eigenvalue weighted by Crippen LogP contribution is -2.50. The number of piperidine rings is 1. The maximum absolute atomic E-state index is 12.4. The van der Waals surface area contributed by atoms with E-state index >= 15 is 0 Å². The molecule has 2 atom stereocenters. The van der Waals surface area contributed by atoms with Crippen LogP contribution in [-0.2, 0) is 16.1 Å². The lowest BCUT2D eigenvalue weighted by atomic mass is 9.97. The van der Waals surface area contributed by atoms with E-state index in [0.29, 0.717) is 19.6 Å². The van der Waals surface area contributed by atoms with E-state index in [4.69, 9.17) is 10.5 Å². The Morgan fingerprint density at radius 1 is 1.27 bits per heavy atom. The smallest absolute Gasteiger partial charge is 0.410 e. The molecule has 1 aliphatic rings. The molecule has 1 aliphatic heterocycles. The molecule has 1 aromatic carbocycles. The van der Waals surface area contributed by atoms with Gasteiger partial charge < -0.3 is 20.3 Å². The van der Waals surface area contributed by atoms with Crippen LogP contribution < -0.4 is 5.73 Å². The minimum atomic E-state index is -0.507. The normalized spacial score (nSPS) is 18.5. The number of amides is 2. The van der Waals surface area contributed by atoms with Crippen molar-refractivity contribution in [3.8, 4) is 0 Å². The standard InChI is InChI=1S/C20H31N3O3/c1-15(2)23(19(24)16(3)21)13-18-10-7-11-22(12-18)20(25)26-14-17-8-5-4-6-9-17/h4-6,8-9,15-16,18H,7,10-14,21H2,1-3H3/t16-,18+/m0/s1. The van der Waals surface area contributed by atoms with Crippen molar-refractivity contribution in [2.24, 2.45) is 11.7 Å². The zero-order valence-corrected chi connectivity index (χ0v) is 16.1. The fourth-order valence-corrected chi connectivity index (χ4v) is 3.29. The highest BCUT2D eigenvalue weighted by Crippen LogP contribution is 2.20. The summed E-state index contributed by atoms with van der Waals surface area (Å²) >= 11 is 0. The Labute approximate surface area is 156 Å². The van der Waals surface area contributed by atoms with E-state index in [0.717, 1.165) is 18.4 Å². The zero-order chi connectivity index (χ0) is 19.1. The molecule has 1 heterocycles. The first-order valence-corrected chi connectivity index (χ1v) is 9.40. The van der Waals surface area contributed by atoms with Gasteiger partial charge in [0, 0.05) is 25.7 Å². The number of nitrogens with two attached hydrogens (primary N) is 1. The van der Waals surface area contributed by atoms with E-state index < -0.39 is 6.04 Å². The van der Waals surface area contributed by atoms with Crippen LogP contribution in [0.15, 0.2) is 30.3 Å². The van der Waals surface area contributed by atoms with Crippen LogP contribution in [0.25, 0.3) is 0 Å². The first-order chi connectivity index (χ1) is 12.4. The van der Waals surface area contributed by atoms with E-state index in [2.05, 4.69) is 0 Å². The molecule has 0 aliphatic carbocycles. The summed E-state index contributed by atoms with van der Waals surface area (Å²) in [6.45, 7) is 7.93. The van der Waals surface area contributed by atoms with Gasteiger partial charge in [0.2, 0.25) is 5.91 Å². The van der Waals surface area contributed by atoms with Crippen molar-refractivity contribution < 1.29 is 14.3 Å². The second-order valence-corrected chi connectivity index (χ2v) is 7.37. The fourth-order valence-electron chi connectivity index (χ4n) is 3.29. The van der Waals surface area contributed by atoms with Gasteiger partial charge in [0.1, 0.15) is 6.61 Å². The van der Waals surface area contributed by atoms with Crippen molar-refractivity contribution in [3.63, 3.8) is 0 Å². The fraction of sp³-hybridized carbons (Fsp3) is 0.600. The van der Waals surface area contributed by atoms with E-state index in [9.17, 15) is 9.59 Å². The van der Waals surface area contributed by atoms with Crippen LogP contribution in [0.3, 0.4) is 0 Å². The number of nitrogens with zero attached hydrogens (tertiary/aromatic N) is 2. The largest absolute Gasteiger partial charge is 0.445 e. The molecule has 6 heteroatoms. The lowest BCUT2D eigenvalue weighted by Gasteiger charge is -2.37. The molecular weight excluding hydrogens is 330 g/mol. The van der Waals surface area contributed by atoms with Gasteiger partial charge in [-0.3, -0.25) is 4.79 Å². The first-order valence-electron chi connectivity index (χ1n) is 9.40. The van der Waals surface area contributed by atoms with Crippen molar-refractivity contribution in [1.29, 1.82) is 0 Å². The quantitative estimate of drug-likeness (QED) is 0.845. The van der Waals surface area contributed by atoms with Crippen LogP contribution in [0.4, 0.5) is 4.79 Å². The molecule has 0 aromatic heterocycles. The Hall–Kier alpha value is -2.08. The maximum atomic E-state index is 12.4. The third-order valence-corrected chi connectivity index (χ3v) is 4.73. The van der Waals surface area contributed by atoms with Crippen LogP contribution in [0, 0.1) is 5.92 Å². The number of rotatable bonds is 6. The minimum absolute atomic E-state index is 0.0382. The van der Waals surface area contributed by atoms with Crippen molar-refractivity contribution in [2.45, 2.75) is 52.3 Å². The summed E-state index contributed by atoms with van der Waals surface area (Å²) < 4.78 is 5.44. The maximum Gasteiger partial charge on any atom is 0.410 e. The summed E-state index contributed by atoms with van der Waals surface area (Å²) in [6.07, 6.45) is 1.63. The van der Waals surface area contributed by atoms with Gasteiger partial charge in [-0.15, -0.1) is 0 Å². The molecule has 2 N–H and O–H groups in total. The van der Waals surface area contributed by atoms with Crippen molar-refractivity contribution in [1.82, 2.24) is 9.80 Å². The molecule has 0 spiro atoms. The molecule has 0 radical (unpaired) electrons. The van der Waals surface area contributed by atoms with E-state index in [1.807, 2.05) is 49.1 Å². The van der Waals surface area contributed by atoms with Crippen LogP contribution >= 0.6 is 0 Å². The molecular formula is C20H31N3O3.